The molecule has 0 aliphatic rings. The van der Waals surface area contributed by atoms with Crippen LogP contribution in [0.4, 0.5) is 8.78 Å². The van der Waals surface area contributed by atoms with Crippen LogP contribution in [0.25, 0.3) is 0 Å². The summed E-state index contributed by atoms with van der Waals surface area (Å²) in [6.07, 6.45) is 2.33. The fraction of sp³-hybridized carbons (Fsp3) is 0.133. The van der Waals surface area contributed by atoms with Crippen LogP contribution >= 0.6 is 0 Å². The maximum atomic E-state index is 13.6. The molecule has 0 amide bonds. The van der Waals surface area contributed by atoms with Crippen LogP contribution in [-0.4, -0.2) is 16.6 Å². The van der Waals surface area contributed by atoms with Gasteiger partial charge in [0.2, 0.25) is 0 Å². The summed E-state index contributed by atoms with van der Waals surface area (Å²) in [6, 6.07) is 4.69. The molecule has 2 rings (SSSR count). The molecule has 3 nitrogen and oxygen atoms in total. The molecule has 2 aromatic rings. The molecule has 0 spiro atoms. The number of nitrogens with zero attached hydrogens (tertiary/aromatic N) is 1. The van der Waals surface area contributed by atoms with Crippen molar-refractivity contribution in [1.29, 1.82) is 0 Å². The molecule has 0 fully saturated rings. The summed E-state index contributed by atoms with van der Waals surface area (Å²) in [4.78, 5) is 27.5. The zero-order valence-electron chi connectivity index (χ0n) is 10.7. The molecule has 0 bridgehead atoms. The van der Waals surface area contributed by atoms with Gasteiger partial charge in [0, 0.05) is 18.0 Å². The van der Waals surface area contributed by atoms with Gasteiger partial charge in [-0.3, -0.25) is 14.6 Å². The Bertz CT molecular complexity index is 669. The molecular formula is C15H11F2NO2. The Kier molecular flexibility index (Phi) is 3.98. The second-order valence-electron chi connectivity index (χ2n) is 4.34. The smallest absolute Gasteiger partial charge is 0.173 e. The Morgan fingerprint density at radius 3 is 2.35 bits per heavy atom. The Morgan fingerprint density at radius 1 is 1.05 bits per heavy atom. The SMILES string of the molecule is Cc1cc(F)c(C(=O)CC(=O)c2ccncc2)cc1F. The number of halogens is 2. The van der Waals surface area contributed by atoms with Crippen LogP contribution in [0, 0.1) is 18.6 Å². The van der Waals surface area contributed by atoms with Crippen LogP contribution in [0.15, 0.2) is 36.7 Å². The summed E-state index contributed by atoms with van der Waals surface area (Å²) in [6.45, 7) is 1.40. The van der Waals surface area contributed by atoms with E-state index >= 15 is 0 Å². The van der Waals surface area contributed by atoms with Gasteiger partial charge < -0.3 is 0 Å². The lowest BCUT2D eigenvalue weighted by molar-refractivity contribution is 0.0892. The third kappa shape index (κ3) is 2.93. The van der Waals surface area contributed by atoms with Crippen molar-refractivity contribution in [2.24, 2.45) is 0 Å². The van der Waals surface area contributed by atoms with Gasteiger partial charge in [-0.15, -0.1) is 0 Å². The Morgan fingerprint density at radius 2 is 1.70 bits per heavy atom. The van der Waals surface area contributed by atoms with Crippen molar-refractivity contribution in [3.05, 3.63) is 65.0 Å². The molecule has 0 unspecified atom stereocenters. The van der Waals surface area contributed by atoms with Crippen LogP contribution in [0.3, 0.4) is 0 Å². The highest BCUT2D eigenvalue weighted by Crippen LogP contribution is 2.17. The normalized spacial score (nSPS) is 10.3. The number of rotatable bonds is 4. The molecule has 0 radical (unpaired) electrons. The minimum absolute atomic E-state index is 0.111. The number of ketones is 2. The molecule has 5 heteroatoms. The standard InChI is InChI=1S/C15H11F2NO2/c1-9-6-13(17)11(7-12(9)16)15(20)8-14(19)10-2-4-18-5-3-10/h2-7H,8H2,1H3. The van der Waals surface area contributed by atoms with E-state index in [-0.39, 0.29) is 5.56 Å². The van der Waals surface area contributed by atoms with Gasteiger partial charge in [-0.25, -0.2) is 8.78 Å². The molecule has 1 aromatic carbocycles. The Hall–Kier alpha value is -2.43. The van der Waals surface area contributed by atoms with E-state index in [2.05, 4.69) is 4.98 Å². The van der Waals surface area contributed by atoms with Crippen LogP contribution in [0.5, 0.6) is 0 Å². The van der Waals surface area contributed by atoms with Gasteiger partial charge >= 0.3 is 0 Å². The molecule has 1 aromatic heterocycles. The van der Waals surface area contributed by atoms with Gasteiger partial charge in [-0.05, 0) is 36.8 Å². The predicted octanol–water partition coefficient (Wildman–Crippen LogP) is 3.12. The van der Waals surface area contributed by atoms with Gasteiger partial charge in [-0.1, -0.05) is 0 Å². The fourth-order valence-corrected chi connectivity index (χ4v) is 1.74. The van der Waals surface area contributed by atoms with Crippen LogP contribution < -0.4 is 0 Å². The fourth-order valence-electron chi connectivity index (χ4n) is 1.74. The lowest BCUT2D eigenvalue weighted by Gasteiger charge is -2.05. The second kappa shape index (κ2) is 5.69. The molecule has 0 saturated heterocycles. The summed E-state index contributed by atoms with van der Waals surface area (Å²) in [5.41, 5.74) is 0.0105. The highest BCUT2D eigenvalue weighted by molar-refractivity contribution is 6.13. The van der Waals surface area contributed by atoms with E-state index in [1.54, 1.807) is 0 Å². The first-order valence-electron chi connectivity index (χ1n) is 5.91. The summed E-state index contributed by atoms with van der Waals surface area (Å²) in [5.74, 6) is -2.71. The number of hydrogen-bond donors (Lipinski definition) is 0. The molecule has 20 heavy (non-hydrogen) atoms. The average molecular weight is 275 g/mol. The number of hydrogen-bond acceptors (Lipinski definition) is 3. The minimum atomic E-state index is -0.823. The van der Waals surface area contributed by atoms with Gasteiger partial charge in [0.15, 0.2) is 11.6 Å². The van der Waals surface area contributed by atoms with Gasteiger partial charge in [0.1, 0.15) is 11.6 Å². The number of benzene rings is 1. The van der Waals surface area contributed by atoms with Crippen LogP contribution in [0.2, 0.25) is 0 Å². The summed E-state index contributed by atoms with van der Waals surface area (Å²) in [7, 11) is 0. The van der Waals surface area contributed by atoms with Crippen LogP contribution in [0.1, 0.15) is 32.7 Å². The van der Waals surface area contributed by atoms with Crippen molar-refractivity contribution in [2.75, 3.05) is 0 Å². The summed E-state index contributed by atoms with van der Waals surface area (Å²) < 4.78 is 27.0. The largest absolute Gasteiger partial charge is 0.294 e. The number of carbonyl (C=O) groups is 2. The first-order valence-corrected chi connectivity index (χ1v) is 5.91. The van der Waals surface area contributed by atoms with Crippen molar-refractivity contribution in [2.45, 2.75) is 13.3 Å². The highest BCUT2D eigenvalue weighted by atomic mass is 19.1. The van der Waals surface area contributed by atoms with Gasteiger partial charge in [0.25, 0.3) is 0 Å². The monoisotopic (exact) mass is 275 g/mol. The molecule has 0 atom stereocenters. The first-order chi connectivity index (χ1) is 9.49. The highest BCUT2D eigenvalue weighted by Gasteiger charge is 2.18. The first kappa shape index (κ1) is 14.0. The van der Waals surface area contributed by atoms with Crippen molar-refractivity contribution < 1.29 is 18.4 Å². The number of carbonyl (C=O) groups excluding carboxylic acids is 2. The van der Waals surface area contributed by atoms with Crippen molar-refractivity contribution in [3.8, 4) is 0 Å². The minimum Gasteiger partial charge on any atom is -0.294 e. The molecule has 1 heterocycles. The predicted molar refractivity (Wildman–Crippen MR) is 68.6 cm³/mol. The van der Waals surface area contributed by atoms with E-state index in [1.807, 2.05) is 0 Å². The third-order valence-electron chi connectivity index (χ3n) is 2.87. The third-order valence-corrected chi connectivity index (χ3v) is 2.87. The summed E-state index contributed by atoms with van der Waals surface area (Å²) >= 11 is 0. The van der Waals surface area contributed by atoms with Crippen molar-refractivity contribution in [1.82, 2.24) is 4.98 Å². The van der Waals surface area contributed by atoms with E-state index in [0.717, 1.165) is 12.1 Å². The lowest BCUT2D eigenvalue weighted by atomic mass is 10.0. The molecule has 0 saturated carbocycles. The van der Waals surface area contributed by atoms with Crippen molar-refractivity contribution in [3.63, 3.8) is 0 Å². The summed E-state index contributed by atoms with van der Waals surface area (Å²) in [5, 5.41) is 0. The van der Waals surface area contributed by atoms with Crippen molar-refractivity contribution >= 4 is 11.6 Å². The maximum Gasteiger partial charge on any atom is 0.173 e. The molecule has 0 N–H and O–H groups in total. The van der Waals surface area contributed by atoms with E-state index < -0.39 is 35.2 Å². The number of aromatic nitrogens is 1. The second-order valence-corrected chi connectivity index (χ2v) is 4.34. The van der Waals surface area contributed by atoms with Gasteiger partial charge in [0.05, 0.1) is 12.0 Å². The quantitative estimate of drug-likeness (QED) is 0.636. The van der Waals surface area contributed by atoms with E-state index in [0.29, 0.717) is 5.56 Å². The molecule has 0 aliphatic heterocycles. The van der Waals surface area contributed by atoms with E-state index in [1.165, 1.54) is 31.5 Å². The Labute approximate surface area is 114 Å². The number of pyridine rings is 1. The maximum absolute atomic E-state index is 13.6. The van der Waals surface area contributed by atoms with E-state index in [4.69, 9.17) is 0 Å². The molecule has 102 valence electrons. The average Bonchev–Trinajstić information content (AvgIpc) is 2.43. The zero-order valence-corrected chi connectivity index (χ0v) is 10.7. The Balaban J connectivity index is 2.21. The number of aryl methyl sites for hydroxylation is 1. The topological polar surface area (TPSA) is 47.0 Å². The molecule has 0 aliphatic carbocycles. The zero-order chi connectivity index (χ0) is 14.7. The van der Waals surface area contributed by atoms with Crippen LogP contribution in [-0.2, 0) is 0 Å². The number of Topliss-reactive ketones (excluding diaryl/α,β-unsaturated/α-hetero) is 2. The molecular weight excluding hydrogens is 264 g/mol. The van der Waals surface area contributed by atoms with Gasteiger partial charge in [-0.2, -0.15) is 0 Å². The lowest BCUT2D eigenvalue weighted by Crippen LogP contribution is -2.11. The van der Waals surface area contributed by atoms with E-state index in [9.17, 15) is 18.4 Å².